The second-order valence-electron chi connectivity index (χ2n) is 3.91. The molecule has 0 spiro atoms. The third-order valence-corrected chi connectivity index (χ3v) is 2.70. The molecule has 20 heavy (non-hydrogen) atoms. The zero-order valence-corrected chi connectivity index (χ0v) is 11.4. The summed E-state index contributed by atoms with van der Waals surface area (Å²) < 4.78 is 0. The van der Waals surface area contributed by atoms with E-state index in [2.05, 4.69) is 10.5 Å². The molecule has 0 aliphatic rings. The highest BCUT2D eigenvalue weighted by molar-refractivity contribution is 5.89. The summed E-state index contributed by atoms with van der Waals surface area (Å²) in [6, 6.07) is 3.71. The van der Waals surface area contributed by atoms with Gasteiger partial charge in [0.25, 0.3) is 5.69 Å². The molecule has 0 fully saturated rings. The van der Waals surface area contributed by atoms with Gasteiger partial charge in [0, 0.05) is 36.5 Å². The summed E-state index contributed by atoms with van der Waals surface area (Å²) in [5, 5.41) is 14.5. The Labute approximate surface area is 116 Å². The Morgan fingerprint density at radius 3 is 2.65 bits per heavy atom. The fraction of sp³-hybridized carbons (Fsp3) is 0.333. The van der Waals surface area contributed by atoms with Crippen LogP contribution < -0.4 is 16.1 Å². The Kier molecular flexibility index (Phi) is 5.45. The maximum Gasteiger partial charge on any atom is 0.332 e. The number of hydrazone groups is 1. The summed E-state index contributed by atoms with van der Waals surface area (Å²) in [4.78, 5) is 22.9. The van der Waals surface area contributed by atoms with Crippen LogP contribution >= 0.6 is 0 Å². The van der Waals surface area contributed by atoms with Crippen LogP contribution in [0, 0.1) is 10.1 Å². The molecule has 3 N–H and O–H groups in total. The van der Waals surface area contributed by atoms with Gasteiger partial charge in [0.15, 0.2) is 0 Å². The molecule has 0 heterocycles. The topological polar surface area (TPSA) is 114 Å². The first-order valence-electron chi connectivity index (χ1n) is 6.11. The summed E-state index contributed by atoms with van der Waals surface area (Å²) in [6.07, 6.45) is 1.34. The molecule has 0 saturated heterocycles. The second-order valence-corrected chi connectivity index (χ2v) is 3.91. The van der Waals surface area contributed by atoms with Crippen molar-refractivity contribution in [3.63, 3.8) is 0 Å². The van der Waals surface area contributed by atoms with Gasteiger partial charge in [0.05, 0.1) is 11.1 Å². The minimum atomic E-state index is -0.795. The SMILES string of the molecule is CCN(CC)c1ccc([N+](=O)[O-])cc1C=NNC(N)=O. The molecule has 108 valence electrons. The highest BCUT2D eigenvalue weighted by Crippen LogP contribution is 2.24. The first-order chi connectivity index (χ1) is 9.49. The third-order valence-electron chi connectivity index (χ3n) is 2.70. The number of carbonyl (C=O) groups is 1. The summed E-state index contributed by atoms with van der Waals surface area (Å²) in [5.41, 5.74) is 8.27. The van der Waals surface area contributed by atoms with Crippen molar-refractivity contribution in [3.05, 3.63) is 33.9 Å². The van der Waals surface area contributed by atoms with E-state index < -0.39 is 11.0 Å². The summed E-state index contributed by atoms with van der Waals surface area (Å²) in [7, 11) is 0. The van der Waals surface area contributed by atoms with Crippen LogP contribution in [-0.2, 0) is 0 Å². The molecular formula is C12H17N5O3. The average molecular weight is 279 g/mol. The first-order valence-corrected chi connectivity index (χ1v) is 6.11. The number of nitro benzene ring substituents is 1. The van der Waals surface area contributed by atoms with Gasteiger partial charge in [-0.2, -0.15) is 5.10 Å². The lowest BCUT2D eigenvalue weighted by atomic mass is 10.1. The van der Waals surface area contributed by atoms with Crippen molar-refractivity contribution in [1.29, 1.82) is 0 Å². The van der Waals surface area contributed by atoms with Gasteiger partial charge >= 0.3 is 6.03 Å². The predicted molar refractivity (Wildman–Crippen MR) is 77.0 cm³/mol. The van der Waals surface area contributed by atoms with Gasteiger partial charge in [-0.25, -0.2) is 10.2 Å². The second kappa shape index (κ2) is 7.07. The molecule has 0 aliphatic carbocycles. The van der Waals surface area contributed by atoms with E-state index in [0.29, 0.717) is 5.56 Å². The van der Waals surface area contributed by atoms with Crippen LogP contribution in [0.15, 0.2) is 23.3 Å². The molecule has 0 aliphatic heterocycles. The molecule has 0 unspecified atom stereocenters. The number of nitrogens with two attached hydrogens (primary N) is 1. The number of primary amides is 1. The van der Waals surface area contributed by atoms with Crippen LogP contribution in [0.1, 0.15) is 19.4 Å². The number of nitro groups is 1. The quantitative estimate of drug-likeness (QED) is 0.466. The molecule has 1 aromatic carbocycles. The van der Waals surface area contributed by atoms with Crippen LogP contribution in [0.4, 0.5) is 16.2 Å². The van der Waals surface area contributed by atoms with E-state index in [9.17, 15) is 14.9 Å². The minimum absolute atomic E-state index is 0.0403. The maximum atomic E-state index is 10.8. The largest absolute Gasteiger partial charge is 0.372 e. The number of amides is 2. The Balaban J connectivity index is 3.18. The van der Waals surface area contributed by atoms with Gasteiger partial charge in [-0.3, -0.25) is 10.1 Å². The molecule has 0 radical (unpaired) electrons. The van der Waals surface area contributed by atoms with Gasteiger partial charge < -0.3 is 10.6 Å². The standard InChI is InChI=1S/C12H17N5O3/c1-3-16(4-2)11-6-5-10(17(19)20)7-9(11)8-14-15-12(13)18/h5-8H,3-4H2,1-2H3,(H3,13,15,18). The van der Waals surface area contributed by atoms with E-state index in [1.165, 1.54) is 18.3 Å². The molecule has 0 bridgehead atoms. The number of benzene rings is 1. The van der Waals surface area contributed by atoms with Gasteiger partial charge in [0.2, 0.25) is 0 Å². The Bertz CT molecular complexity index is 526. The summed E-state index contributed by atoms with van der Waals surface area (Å²) in [6.45, 7) is 5.46. The van der Waals surface area contributed by atoms with Crippen LogP contribution in [0.5, 0.6) is 0 Å². The molecule has 1 aromatic rings. The Morgan fingerprint density at radius 2 is 2.15 bits per heavy atom. The van der Waals surface area contributed by atoms with E-state index in [1.54, 1.807) is 6.07 Å². The molecule has 0 aromatic heterocycles. The fourth-order valence-electron chi connectivity index (χ4n) is 1.78. The minimum Gasteiger partial charge on any atom is -0.372 e. The molecule has 8 nitrogen and oxygen atoms in total. The monoisotopic (exact) mass is 279 g/mol. The zero-order valence-electron chi connectivity index (χ0n) is 11.4. The third kappa shape index (κ3) is 3.94. The normalized spacial score (nSPS) is 10.5. The number of hydrogen-bond donors (Lipinski definition) is 2. The van der Waals surface area contributed by atoms with E-state index in [1.807, 2.05) is 18.7 Å². The molecule has 8 heteroatoms. The zero-order chi connectivity index (χ0) is 15.1. The van der Waals surface area contributed by atoms with Crippen molar-refractivity contribution in [2.45, 2.75) is 13.8 Å². The predicted octanol–water partition coefficient (Wildman–Crippen LogP) is 1.44. The van der Waals surface area contributed by atoms with E-state index in [4.69, 9.17) is 5.73 Å². The number of non-ortho nitro benzene ring substituents is 1. The van der Waals surface area contributed by atoms with Crippen LogP contribution in [0.3, 0.4) is 0 Å². The van der Waals surface area contributed by atoms with Gasteiger partial charge in [-0.05, 0) is 19.9 Å². The van der Waals surface area contributed by atoms with Crippen LogP contribution in [-0.4, -0.2) is 30.3 Å². The summed E-state index contributed by atoms with van der Waals surface area (Å²) >= 11 is 0. The van der Waals surface area contributed by atoms with E-state index >= 15 is 0 Å². The van der Waals surface area contributed by atoms with Gasteiger partial charge in [-0.1, -0.05) is 0 Å². The van der Waals surface area contributed by atoms with Crippen molar-refractivity contribution >= 4 is 23.6 Å². The highest BCUT2D eigenvalue weighted by atomic mass is 16.6. The van der Waals surface area contributed by atoms with Crippen molar-refractivity contribution < 1.29 is 9.72 Å². The number of urea groups is 1. The lowest BCUT2D eigenvalue weighted by Crippen LogP contribution is -2.25. The number of carbonyl (C=O) groups excluding carboxylic acids is 1. The van der Waals surface area contributed by atoms with E-state index in [-0.39, 0.29) is 5.69 Å². The Morgan fingerprint density at radius 1 is 1.50 bits per heavy atom. The lowest BCUT2D eigenvalue weighted by Gasteiger charge is -2.22. The van der Waals surface area contributed by atoms with Crippen LogP contribution in [0.25, 0.3) is 0 Å². The molecule has 2 amide bonds. The maximum absolute atomic E-state index is 10.8. The molecule has 0 atom stereocenters. The van der Waals surface area contributed by atoms with Crippen molar-refractivity contribution in [1.82, 2.24) is 5.43 Å². The van der Waals surface area contributed by atoms with Crippen molar-refractivity contribution in [2.75, 3.05) is 18.0 Å². The van der Waals surface area contributed by atoms with Gasteiger partial charge in [-0.15, -0.1) is 0 Å². The first kappa shape index (κ1) is 15.4. The number of rotatable bonds is 6. The van der Waals surface area contributed by atoms with E-state index in [0.717, 1.165) is 18.8 Å². The van der Waals surface area contributed by atoms with Crippen molar-refractivity contribution in [2.24, 2.45) is 10.8 Å². The smallest absolute Gasteiger partial charge is 0.332 e. The van der Waals surface area contributed by atoms with Crippen LogP contribution in [0.2, 0.25) is 0 Å². The highest BCUT2D eigenvalue weighted by Gasteiger charge is 2.13. The number of hydrogen-bond acceptors (Lipinski definition) is 5. The Hall–Kier alpha value is -2.64. The number of nitrogens with one attached hydrogen (secondary N) is 1. The number of anilines is 1. The summed E-state index contributed by atoms with van der Waals surface area (Å²) in [5.74, 6) is 0. The lowest BCUT2D eigenvalue weighted by molar-refractivity contribution is -0.384. The van der Waals surface area contributed by atoms with Gasteiger partial charge in [0.1, 0.15) is 0 Å². The average Bonchev–Trinajstić information content (AvgIpc) is 2.40. The molecule has 1 rings (SSSR count). The molecular weight excluding hydrogens is 262 g/mol. The fourth-order valence-corrected chi connectivity index (χ4v) is 1.78. The number of nitrogens with zero attached hydrogens (tertiary/aromatic N) is 3. The molecule has 0 saturated carbocycles. The van der Waals surface area contributed by atoms with Crippen molar-refractivity contribution in [3.8, 4) is 0 Å².